The average Bonchev–Trinajstić information content (AvgIpc) is 3.35. The fraction of sp³-hybridized carbons (Fsp3) is 0.794. The molecule has 0 spiro atoms. The van der Waals surface area contributed by atoms with Crippen LogP contribution in [-0.2, 0) is 28.6 Å². The SMILES string of the molecule is CC/C=C\C/C=C\C/C=C\C/C=C\C/C=C\CCCC(=O)O[C@@H](COC(=O)CCCCCCCCCCCCCCC)COC(=O)CCCCCCCCCCCCCCCCCCCCCCC. The Balaban J connectivity index is 4.37. The van der Waals surface area contributed by atoms with E-state index in [1.54, 1.807) is 0 Å². The first-order valence-corrected chi connectivity index (χ1v) is 29.8. The molecule has 0 aliphatic rings. The van der Waals surface area contributed by atoms with Crippen molar-refractivity contribution in [1.82, 2.24) is 0 Å². The molecule has 0 radical (unpaired) electrons. The zero-order valence-electron chi connectivity index (χ0n) is 45.8. The van der Waals surface area contributed by atoms with Crippen LogP contribution in [0.2, 0.25) is 0 Å². The Bertz CT molecular complexity index is 1250. The fourth-order valence-corrected chi connectivity index (χ4v) is 8.60. The summed E-state index contributed by atoms with van der Waals surface area (Å²) < 4.78 is 16.8. The van der Waals surface area contributed by atoms with Gasteiger partial charge in [0.15, 0.2) is 6.10 Å². The van der Waals surface area contributed by atoms with Crippen molar-refractivity contribution >= 4 is 17.9 Å². The minimum absolute atomic E-state index is 0.0926. The van der Waals surface area contributed by atoms with Crippen molar-refractivity contribution in [2.75, 3.05) is 13.2 Å². The van der Waals surface area contributed by atoms with Gasteiger partial charge in [-0.2, -0.15) is 0 Å². The standard InChI is InChI=1S/C63H112O6/c1-4-7-10-13-16-19-22-25-27-29-30-31-32-34-35-38-41-44-47-50-53-56-62(65)68-59-60(58-67-61(64)55-52-49-46-43-40-37-24-21-18-15-12-9-6-3)69-63(66)57-54-51-48-45-42-39-36-33-28-26-23-20-17-14-11-8-5-2/h8,11,17,20,26,28,36,39,45,48,60H,4-7,9-10,12-16,18-19,21-25,27,29-35,37-38,40-44,46-47,49-59H2,1-3H3/b11-8-,20-17-,28-26-,39-36-,48-45-/t60-/m0/s1. The fourth-order valence-electron chi connectivity index (χ4n) is 8.60. The van der Waals surface area contributed by atoms with Gasteiger partial charge in [-0.15, -0.1) is 0 Å². The van der Waals surface area contributed by atoms with Crippen LogP contribution in [-0.4, -0.2) is 37.2 Å². The molecule has 0 saturated heterocycles. The van der Waals surface area contributed by atoms with E-state index in [2.05, 4.69) is 81.5 Å². The number of hydrogen-bond donors (Lipinski definition) is 0. The normalized spacial score (nSPS) is 12.4. The number of hydrogen-bond acceptors (Lipinski definition) is 6. The first-order valence-electron chi connectivity index (χ1n) is 29.8. The Morgan fingerprint density at radius 3 is 0.870 bits per heavy atom. The lowest BCUT2D eigenvalue weighted by molar-refractivity contribution is -0.167. The second kappa shape index (κ2) is 57.7. The van der Waals surface area contributed by atoms with Gasteiger partial charge < -0.3 is 14.2 Å². The van der Waals surface area contributed by atoms with Crippen LogP contribution in [0, 0.1) is 0 Å². The van der Waals surface area contributed by atoms with Crippen molar-refractivity contribution < 1.29 is 28.6 Å². The molecule has 0 aromatic heterocycles. The predicted molar refractivity (Wildman–Crippen MR) is 298 cm³/mol. The second-order valence-corrected chi connectivity index (χ2v) is 19.9. The van der Waals surface area contributed by atoms with E-state index in [9.17, 15) is 14.4 Å². The highest BCUT2D eigenvalue weighted by atomic mass is 16.6. The van der Waals surface area contributed by atoms with E-state index in [1.165, 1.54) is 180 Å². The van der Waals surface area contributed by atoms with E-state index < -0.39 is 6.10 Å². The average molecular weight is 966 g/mol. The maximum Gasteiger partial charge on any atom is 0.306 e. The summed E-state index contributed by atoms with van der Waals surface area (Å²) in [7, 11) is 0. The molecule has 0 N–H and O–H groups in total. The molecule has 1 atom stereocenters. The summed E-state index contributed by atoms with van der Waals surface area (Å²) in [5.74, 6) is -0.936. The molecule has 0 aromatic carbocycles. The molecular formula is C63H112O6. The van der Waals surface area contributed by atoms with Gasteiger partial charge in [0.2, 0.25) is 0 Å². The van der Waals surface area contributed by atoms with Gasteiger partial charge in [0.05, 0.1) is 0 Å². The Kier molecular flexibility index (Phi) is 55.3. The van der Waals surface area contributed by atoms with E-state index in [4.69, 9.17) is 14.2 Å². The number of rotatable bonds is 54. The molecule has 0 aliphatic carbocycles. The molecule has 0 heterocycles. The van der Waals surface area contributed by atoms with E-state index >= 15 is 0 Å². The van der Waals surface area contributed by atoms with Crippen LogP contribution in [0.1, 0.15) is 303 Å². The molecule has 0 amide bonds. The second-order valence-electron chi connectivity index (χ2n) is 19.9. The van der Waals surface area contributed by atoms with E-state index in [0.29, 0.717) is 19.3 Å². The number of allylic oxidation sites excluding steroid dienone is 10. The van der Waals surface area contributed by atoms with Crippen LogP contribution in [0.3, 0.4) is 0 Å². The summed E-state index contributed by atoms with van der Waals surface area (Å²) in [5, 5.41) is 0. The first kappa shape index (κ1) is 66.1. The van der Waals surface area contributed by atoms with E-state index in [-0.39, 0.29) is 37.5 Å². The third-order valence-corrected chi connectivity index (χ3v) is 13.0. The lowest BCUT2D eigenvalue weighted by Crippen LogP contribution is -2.30. The van der Waals surface area contributed by atoms with Gasteiger partial charge in [0.1, 0.15) is 13.2 Å². The number of carbonyl (C=O) groups excluding carboxylic acids is 3. The number of esters is 3. The Labute approximate surface area is 428 Å². The minimum atomic E-state index is -0.800. The highest BCUT2D eigenvalue weighted by molar-refractivity contribution is 5.71. The summed E-state index contributed by atoms with van der Waals surface area (Å²) in [6.45, 7) is 6.52. The topological polar surface area (TPSA) is 78.9 Å². The highest BCUT2D eigenvalue weighted by Crippen LogP contribution is 2.17. The number of unbranched alkanes of at least 4 members (excludes halogenated alkanes) is 33. The molecule has 0 fully saturated rings. The van der Waals surface area contributed by atoms with Gasteiger partial charge in [0, 0.05) is 19.3 Å². The molecule has 69 heavy (non-hydrogen) atoms. The molecule has 0 saturated carbocycles. The van der Waals surface area contributed by atoms with Crippen LogP contribution in [0.25, 0.3) is 0 Å². The molecule has 6 nitrogen and oxygen atoms in total. The van der Waals surface area contributed by atoms with Gasteiger partial charge in [-0.3, -0.25) is 14.4 Å². The van der Waals surface area contributed by atoms with Gasteiger partial charge in [-0.25, -0.2) is 0 Å². The molecule has 6 heteroatoms. The van der Waals surface area contributed by atoms with Crippen molar-refractivity contribution in [3.05, 3.63) is 60.8 Å². The number of carbonyl (C=O) groups is 3. The minimum Gasteiger partial charge on any atom is -0.462 e. The molecule has 0 rings (SSSR count). The quantitative estimate of drug-likeness (QED) is 0.0262. The van der Waals surface area contributed by atoms with Crippen LogP contribution in [0.5, 0.6) is 0 Å². The Morgan fingerprint density at radius 1 is 0.304 bits per heavy atom. The molecule has 400 valence electrons. The van der Waals surface area contributed by atoms with Crippen LogP contribution < -0.4 is 0 Å². The van der Waals surface area contributed by atoms with Gasteiger partial charge in [-0.05, 0) is 57.8 Å². The molecule has 0 aliphatic heterocycles. The highest BCUT2D eigenvalue weighted by Gasteiger charge is 2.19. The van der Waals surface area contributed by atoms with Crippen molar-refractivity contribution in [1.29, 1.82) is 0 Å². The summed E-state index contributed by atoms with van der Waals surface area (Å²) in [4.78, 5) is 38.1. The van der Waals surface area contributed by atoms with Crippen LogP contribution >= 0.6 is 0 Å². The monoisotopic (exact) mass is 965 g/mol. The summed E-state index contributed by atoms with van der Waals surface area (Å²) >= 11 is 0. The lowest BCUT2D eigenvalue weighted by atomic mass is 10.0. The maximum absolute atomic E-state index is 12.8. The van der Waals surface area contributed by atoms with Gasteiger partial charge >= 0.3 is 17.9 Å². The third-order valence-electron chi connectivity index (χ3n) is 13.0. The van der Waals surface area contributed by atoms with Crippen molar-refractivity contribution in [3.8, 4) is 0 Å². The maximum atomic E-state index is 12.8. The van der Waals surface area contributed by atoms with Crippen molar-refractivity contribution in [2.45, 2.75) is 309 Å². The third kappa shape index (κ3) is 55.9. The Hall–Kier alpha value is -2.89. The summed E-state index contributed by atoms with van der Waals surface area (Å²) in [5.41, 5.74) is 0. The zero-order valence-corrected chi connectivity index (χ0v) is 45.8. The summed E-state index contributed by atoms with van der Waals surface area (Å²) in [6.07, 6.45) is 72.3. The van der Waals surface area contributed by atoms with Crippen LogP contribution in [0.4, 0.5) is 0 Å². The van der Waals surface area contributed by atoms with Gasteiger partial charge in [-0.1, -0.05) is 287 Å². The number of ether oxygens (including phenoxy) is 3. The first-order chi connectivity index (χ1) is 34.0. The predicted octanol–water partition coefficient (Wildman–Crippen LogP) is 20.0. The van der Waals surface area contributed by atoms with Crippen molar-refractivity contribution in [3.63, 3.8) is 0 Å². The lowest BCUT2D eigenvalue weighted by Gasteiger charge is -2.18. The largest absolute Gasteiger partial charge is 0.462 e. The molecule has 0 unspecified atom stereocenters. The molecule has 0 aromatic rings. The van der Waals surface area contributed by atoms with E-state index in [1.807, 2.05) is 0 Å². The Morgan fingerprint density at radius 2 is 0.565 bits per heavy atom. The van der Waals surface area contributed by atoms with Gasteiger partial charge in [0.25, 0.3) is 0 Å². The summed E-state index contributed by atoms with van der Waals surface area (Å²) in [6, 6.07) is 0. The smallest absolute Gasteiger partial charge is 0.306 e. The van der Waals surface area contributed by atoms with Crippen molar-refractivity contribution in [2.24, 2.45) is 0 Å². The molecular weight excluding hydrogens is 853 g/mol. The van der Waals surface area contributed by atoms with E-state index in [0.717, 1.165) is 77.0 Å². The zero-order chi connectivity index (χ0) is 50.0. The van der Waals surface area contributed by atoms with Crippen LogP contribution in [0.15, 0.2) is 60.8 Å². The molecule has 0 bridgehead atoms.